The summed E-state index contributed by atoms with van der Waals surface area (Å²) in [6.07, 6.45) is 3.79. The van der Waals surface area contributed by atoms with Crippen LogP contribution in [0.3, 0.4) is 0 Å². The number of aromatic amines is 3. The molecule has 9 nitrogen and oxygen atoms in total. The second kappa shape index (κ2) is 7.06. The predicted octanol–water partition coefficient (Wildman–Crippen LogP) is 3.80. The molecular weight excluding hydrogens is 414 g/mol. The molecule has 33 heavy (non-hydrogen) atoms. The summed E-state index contributed by atoms with van der Waals surface area (Å²) < 4.78 is 0. The summed E-state index contributed by atoms with van der Waals surface area (Å²) in [7, 11) is 0. The Morgan fingerprint density at radius 2 is 1.12 bits per heavy atom. The molecule has 3 N–H and O–H groups in total. The maximum absolute atomic E-state index is 4.77. The fourth-order valence-corrected chi connectivity index (χ4v) is 4.43. The van der Waals surface area contributed by atoms with E-state index in [0.29, 0.717) is 0 Å². The van der Waals surface area contributed by atoms with Crippen LogP contribution in [0, 0.1) is 0 Å². The van der Waals surface area contributed by atoms with E-state index in [9.17, 15) is 0 Å². The van der Waals surface area contributed by atoms with E-state index >= 15 is 0 Å². The smallest absolute Gasteiger partial charge is 0.154 e. The van der Waals surface area contributed by atoms with Crippen molar-refractivity contribution in [3.05, 3.63) is 48.5 Å². The average Bonchev–Trinajstić information content (AvgIpc) is 3.68. The van der Waals surface area contributed by atoms with Gasteiger partial charge in [-0.1, -0.05) is 0 Å². The van der Waals surface area contributed by atoms with Crippen LogP contribution in [0.4, 0.5) is 11.4 Å². The number of benzene rings is 2. The number of aromatic nitrogens is 5. The molecular formula is C24H21N9. The highest BCUT2D eigenvalue weighted by atomic mass is 15.2. The molecule has 7 rings (SSSR count). The summed E-state index contributed by atoms with van der Waals surface area (Å²) in [4.78, 5) is 32.8. The number of nitrogens with zero attached hydrogens (tertiary/aromatic N) is 6. The number of H-pyrrole nitrogens is 3. The number of rotatable bonds is 4. The summed E-state index contributed by atoms with van der Waals surface area (Å²) in [5.74, 6) is 1.60. The van der Waals surface area contributed by atoms with Crippen LogP contribution in [0.25, 0.3) is 45.1 Å². The van der Waals surface area contributed by atoms with Gasteiger partial charge in [-0.05, 0) is 48.5 Å². The van der Waals surface area contributed by atoms with Gasteiger partial charge in [0.2, 0.25) is 0 Å². The molecule has 3 aromatic heterocycles. The van der Waals surface area contributed by atoms with E-state index in [4.69, 9.17) is 9.97 Å². The molecule has 0 atom stereocenters. The first kappa shape index (κ1) is 18.2. The quantitative estimate of drug-likeness (QED) is 0.399. The lowest BCUT2D eigenvalue weighted by atomic mass is 10.2. The van der Waals surface area contributed by atoms with Gasteiger partial charge in [-0.25, -0.2) is 9.97 Å². The second-order valence-corrected chi connectivity index (χ2v) is 8.29. The zero-order chi connectivity index (χ0) is 21.8. The van der Waals surface area contributed by atoms with Crippen molar-refractivity contribution in [2.75, 3.05) is 36.0 Å². The van der Waals surface area contributed by atoms with Gasteiger partial charge in [0, 0.05) is 24.5 Å². The predicted molar refractivity (Wildman–Crippen MR) is 132 cm³/mol. The van der Waals surface area contributed by atoms with Crippen molar-refractivity contribution in [2.45, 2.75) is 0 Å². The Morgan fingerprint density at radius 3 is 1.58 bits per heavy atom. The maximum Gasteiger partial charge on any atom is 0.154 e. The Hall–Kier alpha value is -4.40. The summed E-state index contributed by atoms with van der Waals surface area (Å²) >= 11 is 0. The van der Waals surface area contributed by atoms with Crippen molar-refractivity contribution >= 4 is 46.1 Å². The van der Waals surface area contributed by atoms with Gasteiger partial charge in [0.1, 0.15) is 0 Å². The molecule has 0 radical (unpaired) electrons. The summed E-state index contributed by atoms with van der Waals surface area (Å²) in [6, 6.07) is 16.6. The standard InChI is InChI=1S/C24H21N9/c1-3-17-21(11-15(1)32-9-7-25-13-32)30-23(28-17)19-5-6-20(27-19)24-29-18-4-2-16(12-22(18)31-24)33-10-8-26-14-33/h1-6,11-14,27H,7-10H2,(H,28,30)(H,29,31). The van der Waals surface area contributed by atoms with Crippen LogP contribution in [0.5, 0.6) is 0 Å². The van der Waals surface area contributed by atoms with Gasteiger partial charge in [-0.3, -0.25) is 9.98 Å². The Labute approximate surface area is 188 Å². The summed E-state index contributed by atoms with van der Waals surface area (Å²) in [5, 5.41) is 0. The first-order chi connectivity index (χ1) is 16.3. The lowest BCUT2D eigenvalue weighted by Crippen LogP contribution is -2.17. The molecule has 5 heterocycles. The highest BCUT2D eigenvalue weighted by Gasteiger charge is 2.15. The van der Waals surface area contributed by atoms with Gasteiger partial charge >= 0.3 is 0 Å². The molecule has 0 unspecified atom stereocenters. The molecule has 9 heteroatoms. The minimum Gasteiger partial charge on any atom is -0.349 e. The van der Waals surface area contributed by atoms with Crippen molar-refractivity contribution in [2.24, 2.45) is 9.98 Å². The molecule has 0 spiro atoms. The van der Waals surface area contributed by atoms with Crippen LogP contribution in [0.15, 0.2) is 58.5 Å². The van der Waals surface area contributed by atoms with Crippen LogP contribution in [-0.4, -0.2) is 63.8 Å². The number of nitrogens with one attached hydrogen (secondary N) is 3. The highest BCUT2D eigenvalue weighted by Crippen LogP contribution is 2.28. The van der Waals surface area contributed by atoms with Gasteiger partial charge in [0.25, 0.3) is 0 Å². The fourth-order valence-electron chi connectivity index (χ4n) is 4.43. The van der Waals surface area contributed by atoms with Gasteiger partial charge in [0.05, 0.1) is 59.2 Å². The van der Waals surface area contributed by atoms with E-state index in [1.165, 1.54) is 0 Å². The molecule has 2 aliphatic heterocycles. The lowest BCUT2D eigenvalue weighted by molar-refractivity contribution is 1.02. The Kier molecular flexibility index (Phi) is 3.89. The minimum absolute atomic E-state index is 0.801. The lowest BCUT2D eigenvalue weighted by Gasteiger charge is -2.13. The molecule has 2 aromatic carbocycles. The van der Waals surface area contributed by atoms with Gasteiger partial charge < -0.3 is 24.8 Å². The Morgan fingerprint density at radius 1 is 0.606 bits per heavy atom. The van der Waals surface area contributed by atoms with Crippen molar-refractivity contribution in [1.82, 2.24) is 24.9 Å². The molecule has 0 saturated heterocycles. The van der Waals surface area contributed by atoms with Gasteiger partial charge in [0.15, 0.2) is 11.6 Å². The first-order valence-corrected chi connectivity index (χ1v) is 11.0. The van der Waals surface area contributed by atoms with Crippen molar-refractivity contribution in [3.63, 3.8) is 0 Å². The minimum atomic E-state index is 0.801. The fraction of sp³-hybridized carbons (Fsp3) is 0.167. The number of fused-ring (bicyclic) bond motifs is 2. The van der Waals surface area contributed by atoms with E-state index in [-0.39, 0.29) is 0 Å². The van der Waals surface area contributed by atoms with E-state index < -0.39 is 0 Å². The monoisotopic (exact) mass is 435 g/mol. The number of aliphatic imine (C=N–C) groups is 2. The summed E-state index contributed by atoms with van der Waals surface area (Å²) in [5.41, 5.74) is 7.94. The molecule has 2 aliphatic rings. The topological polar surface area (TPSA) is 104 Å². The average molecular weight is 435 g/mol. The molecule has 0 aliphatic carbocycles. The normalized spacial score (nSPS) is 15.6. The second-order valence-electron chi connectivity index (χ2n) is 8.29. The van der Waals surface area contributed by atoms with Crippen LogP contribution in [0.2, 0.25) is 0 Å². The molecule has 5 aromatic rings. The van der Waals surface area contributed by atoms with Crippen molar-refractivity contribution < 1.29 is 0 Å². The molecule has 0 bridgehead atoms. The van der Waals surface area contributed by atoms with E-state index in [0.717, 1.165) is 82.7 Å². The number of anilines is 2. The largest absolute Gasteiger partial charge is 0.349 e. The first-order valence-electron chi connectivity index (χ1n) is 11.0. The van der Waals surface area contributed by atoms with Crippen LogP contribution in [0.1, 0.15) is 0 Å². The zero-order valence-electron chi connectivity index (χ0n) is 17.8. The maximum atomic E-state index is 4.77. The van der Waals surface area contributed by atoms with E-state index in [1.54, 1.807) is 0 Å². The Bertz CT molecular complexity index is 1440. The number of hydrogen-bond donors (Lipinski definition) is 3. The van der Waals surface area contributed by atoms with Crippen molar-refractivity contribution in [3.8, 4) is 23.0 Å². The number of imidazole rings is 2. The molecule has 0 saturated carbocycles. The molecule has 0 amide bonds. The van der Waals surface area contributed by atoms with E-state index in [2.05, 4.69) is 59.0 Å². The van der Waals surface area contributed by atoms with Gasteiger partial charge in [-0.2, -0.15) is 0 Å². The third-order valence-electron chi connectivity index (χ3n) is 6.17. The van der Waals surface area contributed by atoms with Crippen LogP contribution < -0.4 is 9.80 Å². The third kappa shape index (κ3) is 3.08. The van der Waals surface area contributed by atoms with Crippen LogP contribution >= 0.6 is 0 Å². The third-order valence-corrected chi connectivity index (χ3v) is 6.17. The summed E-state index contributed by atoms with van der Waals surface area (Å²) in [6.45, 7) is 3.51. The van der Waals surface area contributed by atoms with Crippen LogP contribution in [-0.2, 0) is 0 Å². The molecule has 0 fully saturated rings. The zero-order valence-corrected chi connectivity index (χ0v) is 17.8. The Balaban J connectivity index is 1.20. The number of hydrogen-bond acceptors (Lipinski definition) is 6. The van der Waals surface area contributed by atoms with E-state index in [1.807, 2.05) is 36.9 Å². The van der Waals surface area contributed by atoms with Gasteiger partial charge in [-0.15, -0.1) is 0 Å². The van der Waals surface area contributed by atoms with Crippen molar-refractivity contribution in [1.29, 1.82) is 0 Å². The SMILES string of the molecule is C1=NCCN1c1ccc2nc(-c3ccc(-c4nc5ccc(N6C=NCC6)cc5[nH]4)[nH]3)[nH]c2c1. The molecule has 162 valence electrons. The highest BCUT2D eigenvalue weighted by molar-refractivity contribution is 5.89.